The number of nitro groups is 1. The molecule has 0 spiro atoms. The van der Waals surface area contributed by atoms with Crippen LogP contribution in [-0.2, 0) is 26.2 Å². The van der Waals surface area contributed by atoms with Gasteiger partial charge in [0.25, 0.3) is 15.7 Å². The van der Waals surface area contributed by atoms with Crippen molar-refractivity contribution in [1.82, 2.24) is 10.2 Å². The van der Waals surface area contributed by atoms with Crippen molar-refractivity contribution in [3.63, 3.8) is 0 Å². The summed E-state index contributed by atoms with van der Waals surface area (Å²) in [6.45, 7) is 2.48. The van der Waals surface area contributed by atoms with Crippen LogP contribution in [0.15, 0.2) is 71.6 Å². The van der Waals surface area contributed by atoms with E-state index in [0.29, 0.717) is 22.6 Å². The van der Waals surface area contributed by atoms with Crippen molar-refractivity contribution in [1.29, 1.82) is 0 Å². The smallest absolute Gasteiger partial charge is 0.273 e. The number of hydrogen-bond donors (Lipinski definition) is 1. The van der Waals surface area contributed by atoms with E-state index < -0.39 is 33.4 Å². The number of sulfonamides is 1. The molecule has 0 heterocycles. The highest BCUT2D eigenvalue weighted by Crippen LogP contribution is 2.30. The van der Waals surface area contributed by atoms with E-state index >= 15 is 0 Å². The summed E-state index contributed by atoms with van der Waals surface area (Å²) in [7, 11) is -1.49. The molecule has 3 aromatic rings. The Labute approximate surface area is 269 Å². The Kier molecular flexibility index (Phi) is 11.2. The fourth-order valence-electron chi connectivity index (χ4n) is 5.43. The maximum Gasteiger partial charge on any atom is 0.273 e. The van der Waals surface area contributed by atoms with Gasteiger partial charge in [-0.3, -0.25) is 24.0 Å². The zero-order valence-corrected chi connectivity index (χ0v) is 27.3. The third-order valence-corrected chi connectivity index (χ3v) is 10.0. The topological polar surface area (TPSA) is 148 Å². The maximum atomic E-state index is 14.2. The summed E-state index contributed by atoms with van der Waals surface area (Å²) < 4.78 is 39.6. The molecule has 1 fully saturated rings. The summed E-state index contributed by atoms with van der Waals surface area (Å²) >= 11 is 0. The van der Waals surface area contributed by atoms with Crippen molar-refractivity contribution in [3.05, 3.63) is 88.0 Å². The standard InChI is InChI=1S/C33H40N4O8S/c1-23-10-19-30(20-31(23)37(40)41)46(42,43)36(27-13-17-29(45-4)18-14-27)22-32(38)35(21-25-11-15-28(44-3)16-12-25)24(2)33(39)34-26-8-6-5-7-9-26/h10-20,24,26H,5-9,21-22H2,1-4H3,(H,34,39)/t24-/m0/s1. The number of amides is 2. The molecule has 1 N–H and O–H groups in total. The van der Waals surface area contributed by atoms with Gasteiger partial charge >= 0.3 is 0 Å². The summed E-state index contributed by atoms with van der Waals surface area (Å²) in [4.78, 5) is 39.7. The molecule has 13 heteroatoms. The number of nitrogens with zero attached hydrogens (tertiary/aromatic N) is 3. The number of aryl methyl sites for hydroxylation is 1. The van der Waals surface area contributed by atoms with Crippen molar-refractivity contribution >= 4 is 33.2 Å². The second-order valence-corrected chi connectivity index (χ2v) is 13.2. The first-order valence-corrected chi connectivity index (χ1v) is 16.5. The summed E-state index contributed by atoms with van der Waals surface area (Å²) in [5.41, 5.74) is 0.774. The number of hydrogen-bond acceptors (Lipinski definition) is 8. The summed E-state index contributed by atoms with van der Waals surface area (Å²) in [6.07, 6.45) is 4.86. The highest BCUT2D eigenvalue weighted by molar-refractivity contribution is 7.92. The molecule has 12 nitrogen and oxygen atoms in total. The van der Waals surface area contributed by atoms with Gasteiger partial charge in [0.15, 0.2) is 0 Å². The van der Waals surface area contributed by atoms with E-state index in [1.165, 1.54) is 43.2 Å². The average molecular weight is 653 g/mol. The van der Waals surface area contributed by atoms with Crippen LogP contribution in [0, 0.1) is 17.0 Å². The van der Waals surface area contributed by atoms with Crippen molar-refractivity contribution in [2.24, 2.45) is 0 Å². The number of nitrogens with one attached hydrogen (secondary N) is 1. The van der Waals surface area contributed by atoms with Gasteiger partial charge in [0, 0.05) is 24.2 Å². The average Bonchev–Trinajstić information content (AvgIpc) is 3.06. The molecule has 1 aliphatic rings. The fourth-order valence-corrected chi connectivity index (χ4v) is 6.86. The first-order chi connectivity index (χ1) is 21.9. The highest BCUT2D eigenvalue weighted by Gasteiger charge is 2.34. The molecule has 2 amide bonds. The number of ether oxygens (including phenoxy) is 2. The molecule has 1 atom stereocenters. The Morgan fingerprint density at radius 1 is 0.957 bits per heavy atom. The largest absolute Gasteiger partial charge is 0.497 e. The Morgan fingerprint density at radius 2 is 1.54 bits per heavy atom. The van der Waals surface area contributed by atoms with Crippen LogP contribution >= 0.6 is 0 Å². The van der Waals surface area contributed by atoms with E-state index in [4.69, 9.17) is 9.47 Å². The highest BCUT2D eigenvalue weighted by atomic mass is 32.2. The molecule has 1 saturated carbocycles. The van der Waals surface area contributed by atoms with Gasteiger partial charge in [-0.1, -0.05) is 37.5 Å². The predicted octanol–water partition coefficient (Wildman–Crippen LogP) is 4.98. The van der Waals surface area contributed by atoms with Crippen LogP contribution in [0.3, 0.4) is 0 Å². The number of methoxy groups -OCH3 is 2. The number of carbonyl (C=O) groups excluding carboxylic acids is 2. The lowest BCUT2D eigenvalue weighted by Gasteiger charge is -2.33. The zero-order valence-electron chi connectivity index (χ0n) is 26.5. The minimum absolute atomic E-state index is 0.00939. The molecule has 0 saturated heterocycles. The van der Waals surface area contributed by atoms with Gasteiger partial charge in [0.2, 0.25) is 11.8 Å². The lowest BCUT2D eigenvalue weighted by Crippen LogP contribution is -2.53. The molecule has 0 aromatic heterocycles. The van der Waals surface area contributed by atoms with Crippen LogP contribution in [0.4, 0.5) is 11.4 Å². The van der Waals surface area contributed by atoms with Gasteiger partial charge in [-0.15, -0.1) is 0 Å². The minimum Gasteiger partial charge on any atom is -0.497 e. The third-order valence-electron chi connectivity index (χ3n) is 8.24. The number of anilines is 1. The van der Waals surface area contributed by atoms with Gasteiger partial charge in [-0.05, 0) is 74.7 Å². The van der Waals surface area contributed by atoms with Crippen molar-refractivity contribution < 1.29 is 32.4 Å². The van der Waals surface area contributed by atoms with E-state index in [1.54, 1.807) is 50.4 Å². The summed E-state index contributed by atoms with van der Waals surface area (Å²) in [5.74, 6) is 0.117. The molecule has 0 bridgehead atoms. The van der Waals surface area contributed by atoms with Crippen molar-refractivity contribution in [2.45, 2.75) is 69.5 Å². The monoisotopic (exact) mass is 652 g/mol. The predicted molar refractivity (Wildman–Crippen MR) is 173 cm³/mol. The first-order valence-electron chi connectivity index (χ1n) is 15.1. The van der Waals surface area contributed by atoms with Gasteiger partial charge in [-0.25, -0.2) is 8.42 Å². The molecule has 46 heavy (non-hydrogen) atoms. The molecular formula is C33H40N4O8S. The molecule has 4 rings (SSSR count). The number of carbonyl (C=O) groups is 2. The van der Waals surface area contributed by atoms with Crippen LogP contribution < -0.4 is 19.1 Å². The quantitative estimate of drug-likeness (QED) is 0.201. The van der Waals surface area contributed by atoms with Gasteiger partial charge in [0.05, 0.1) is 29.7 Å². The van der Waals surface area contributed by atoms with Crippen molar-refractivity contribution in [2.75, 3.05) is 25.1 Å². The fraction of sp³-hybridized carbons (Fsp3) is 0.394. The Balaban J connectivity index is 1.72. The lowest BCUT2D eigenvalue weighted by atomic mass is 9.95. The van der Waals surface area contributed by atoms with Crippen LogP contribution in [0.5, 0.6) is 11.5 Å². The normalized spacial score (nSPS) is 14.2. The van der Waals surface area contributed by atoms with E-state index in [2.05, 4.69) is 5.32 Å². The second kappa shape index (κ2) is 15.1. The molecule has 3 aromatic carbocycles. The summed E-state index contributed by atoms with van der Waals surface area (Å²) in [5, 5.41) is 14.7. The van der Waals surface area contributed by atoms with Crippen LogP contribution in [0.25, 0.3) is 0 Å². The molecule has 0 radical (unpaired) electrons. The zero-order chi connectivity index (χ0) is 33.4. The molecule has 0 unspecified atom stereocenters. The third kappa shape index (κ3) is 8.13. The van der Waals surface area contributed by atoms with E-state index in [0.717, 1.165) is 42.5 Å². The van der Waals surface area contributed by atoms with Gasteiger partial charge < -0.3 is 19.7 Å². The van der Waals surface area contributed by atoms with Gasteiger partial charge in [0.1, 0.15) is 24.1 Å². The molecule has 1 aliphatic carbocycles. The maximum absolute atomic E-state index is 14.2. The number of rotatable bonds is 13. The molecule has 246 valence electrons. The Hall–Kier alpha value is -4.65. The van der Waals surface area contributed by atoms with Crippen LogP contribution in [0.1, 0.15) is 50.2 Å². The summed E-state index contributed by atoms with van der Waals surface area (Å²) in [6, 6.07) is 15.8. The minimum atomic E-state index is -4.50. The molecule has 0 aliphatic heterocycles. The molecular weight excluding hydrogens is 612 g/mol. The Morgan fingerprint density at radius 3 is 2.11 bits per heavy atom. The van der Waals surface area contributed by atoms with Gasteiger partial charge in [-0.2, -0.15) is 0 Å². The second-order valence-electron chi connectivity index (χ2n) is 11.3. The first kappa shape index (κ1) is 34.2. The van der Waals surface area contributed by atoms with Crippen LogP contribution in [-0.4, -0.2) is 62.9 Å². The van der Waals surface area contributed by atoms with E-state index in [1.807, 2.05) is 0 Å². The van der Waals surface area contributed by atoms with Crippen LogP contribution in [0.2, 0.25) is 0 Å². The SMILES string of the molecule is COc1ccc(CN(C(=O)CN(c2ccc(OC)cc2)S(=O)(=O)c2ccc(C)c([N+](=O)[O-])c2)[C@@H](C)C(=O)NC2CCCCC2)cc1. The number of nitro benzene ring substituents is 1. The van der Waals surface area contributed by atoms with E-state index in [9.17, 15) is 28.1 Å². The lowest BCUT2D eigenvalue weighted by molar-refractivity contribution is -0.385. The number of benzene rings is 3. The van der Waals surface area contributed by atoms with E-state index in [-0.39, 0.29) is 34.8 Å². The van der Waals surface area contributed by atoms with Crippen molar-refractivity contribution in [3.8, 4) is 11.5 Å². The Bertz CT molecular complexity index is 1640.